The second-order valence-corrected chi connectivity index (χ2v) is 6.79. The average molecular weight is 300 g/mol. The molecule has 1 aliphatic carbocycles. The lowest BCUT2D eigenvalue weighted by atomic mass is 9.72. The summed E-state index contributed by atoms with van der Waals surface area (Å²) in [7, 11) is 0. The maximum atomic E-state index is 6.60. The third-order valence-electron chi connectivity index (χ3n) is 5.73. The molecule has 6 heteroatoms. The van der Waals surface area contributed by atoms with Crippen LogP contribution in [-0.4, -0.2) is 22.8 Å². The van der Waals surface area contributed by atoms with Crippen LogP contribution in [0.25, 0.3) is 0 Å². The van der Waals surface area contributed by atoms with E-state index in [-0.39, 0.29) is 0 Å². The Labute approximate surface area is 126 Å². The molecule has 4 N–H and O–H groups in total. The number of nitrogens with two attached hydrogens (primary N) is 2. The smallest absolute Gasteiger partial charge is 0.297 e. The molecular formula is C16H16N2O4. The van der Waals surface area contributed by atoms with Gasteiger partial charge in [0, 0.05) is 0 Å². The molecule has 0 bridgehead atoms. The molecule has 0 aromatic heterocycles. The van der Waals surface area contributed by atoms with Gasteiger partial charge >= 0.3 is 0 Å². The van der Waals surface area contributed by atoms with Crippen molar-refractivity contribution in [1.29, 1.82) is 0 Å². The first kappa shape index (κ1) is 12.0. The van der Waals surface area contributed by atoms with Crippen LogP contribution in [-0.2, 0) is 24.6 Å². The summed E-state index contributed by atoms with van der Waals surface area (Å²) < 4.78 is 23.6. The Bertz CT molecular complexity index is 768. The summed E-state index contributed by atoms with van der Waals surface area (Å²) in [6.07, 6.45) is 1.68. The molecule has 0 saturated carbocycles. The molecule has 4 heterocycles. The SMILES string of the molecule is CCCC12OC1(C(N)(N)c1ccccc1)C1=C(O1)C13OC12O3. The maximum Gasteiger partial charge on any atom is 0.297 e. The molecule has 0 radical (unpaired) electrons. The Morgan fingerprint density at radius 3 is 2.45 bits per heavy atom. The predicted molar refractivity (Wildman–Crippen MR) is 73.7 cm³/mol. The third kappa shape index (κ3) is 0.840. The molecule has 2 atom stereocenters. The third-order valence-corrected chi connectivity index (χ3v) is 5.73. The number of benzene rings is 1. The summed E-state index contributed by atoms with van der Waals surface area (Å²) in [5.74, 6) is 0.00217. The molecule has 1 aromatic rings. The Balaban J connectivity index is 1.55. The van der Waals surface area contributed by atoms with Crippen LogP contribution >= 0.6 is 0 Å². The van der Waals surface area contributed by atoms with Crippen molar-refractivity contribution >= 4 is 0 Å². The molecule has 3 saturated heterocycles. The van der Waals surface area contributed by atoms with Crippen LogP contribution in [0, 0.1) is 0 Å². The molecule has 22 heavy (non-hydrogen) atoms. The minimum atomic E-state index is -1.21. The minimum absolute atomic E-state index is 0.649. The van der Waals surface area contributed by atoms with Crippen molar-refractivity contribution in [3.05, 3.63) is 47.4 Å². The highest BCUT2D eigenvalue weighted by Crippen LogP contribution is 2.92. The van der Waals surface area contributed by atoms with Crippen LogP contribution in [0.4, 0.5) is 0 Å². The average Bonchev–Trinajstić information content (AvgIpc) is 3.31. The largest absolute Gasteiger partial charge is 0.449 e. The quantitative estimate of drug-likeness (QED) is 0.629. The van der Waals surface area contributed by atoms with Gasteiger partial charge in [-0.1, -0.05) is 43.7 Å². The van der Waals surface area contributed by atoms with Crippen LogP contribution in [0.5, 0.6) is 0 Å². The van der Waals surface area contributed by atoms with Gasteiger partial charge in [0.15, 0.2) is 17.0 Å². The van der Waals surface area contributed by atoms with Crippen molar-refractivity contribution in [3.8, 4) is 0 Å². The number of hydrogen-bond acceptors (Lipinski definition) is 6. The van der Waals surface area contributed by atoms with Crippen molar-refractivity contribution in [2.45, 2.75) is 48.2 Å². The summed E-state index contributed by atoms with van der Waals surface area (Å²) in [5, 5.41) is 0. The van der Waals surface area contributed by atoms with Crippen molar-refractivity contribution in [2.75, 3.05) is 0 Å². The van der Waals surface area contributed by atoms with Crippen molar-refractivity contribution < 1.29 is 18.9 Å². The summed E-state index contributed by atoms with van der Waals surface area (Å²) in [6, 6.07) is 9.59. The van der Waals surface area contributed by atoms with Crippen LogP contribution in [0.2, 0.25) is 0 Å². The van der Waals surface area contributed by atoms with E-state index < -0.39 is 28.4 Å². The van der Waals surface area contributed by atoms with Crippen LogP contribution < -0.4 is 11.5 Å². The van der Waals surface area contributed by atoms with Gasteiger partial charge in [0.1, 0.15) is 5.66 Å². The Hall–Kier alpha value is -1.44. The summed E-state index contributed by atoms with van der Waals surface area (Å²) in [5.41, 5.74) is 11.3. The Morgan fingerprint density at radius 1 is 1.05 bits per heavy atom. The molecule has 4 aliphatic heterocycles. The molecule has 6 rings (SSSR count). The first-order valence-corrected chi connectivity index (χ1v) is 7.68. The van der Waals surface area contributed by atoms with E-state index in [1.165, 1.54) is 0 Å². The van der Waals surface area contributed by atoms with Gasteiger partial charge in [-0.05, 0) is 12.0 Å². The topological polar surface area (TPSA) is 102 Å². The molecule has 2 unspecified atom stereocenters. The summed E-state index contributed by atoms with van der Waals surface area (Å²) in [6.45, 7) is 2.10. The monoisotopic (exact) mass is 300 g/mol. The van der Waals surface area contributed by atoms with Gasteiger partial charge in [0.2, 0.25) is 5.76 Å². The fourth-order valence-corrected chi connectivity index (χ4v) is 4.59. The minimum Gasteiger partial charge on any atom is -0.449 e. The zero-order chi connectivity index (χ0) is 15.0. The molecule has 6 nitrogen and oxygen atoms in total. The molecule has 1 aromatic carbocycles. The molecule has 0 spiro atoms. The highest BCUT2D eigenvalue weighted by molar-refractivity contribution is 5.65. The van der Waals surface area contributed by atoms with Crippen molar-refractivity contribution in [1.82, 2.24) is 0 Å². The van der Waals surface area contributed by atoms with Gasteiger partial charge in [-0.2, -0.15) is 0 Å². The number of ether oxygens (including phenoxy) is 4. The van der Waals surface area contributed by atoms with Gasteiger partial charge in [0.05, 0.1) is 0 Å². The highest BCUT2D eigenvalue weighted by Gasteiger charge is 3.15. The molecule has 114 valence electrons. The van der Waals surface area contributed by atoms with Crippen molar-refractivity contribution in [2.24, 2.45) is 11.5 Å². The van der Waals surface area contributed by atoms with Crippen LogP contribution in [0.15, 0.2) is 41.9 Å². The highest BCUT2D eigenvalue weighted by atomic mass is 17.1. The van der Waals surface area contributed by atoms with Gasteiger partial charge in [0.25, 0.3) is 11.6 Å². The molecular weight excluding hydrogens is 284 g/mol. The second-order valence-electron chi connectivity index (χ2n) is 6.79. The number of epoxide rings is 3. The predicted octanol–water partition coefficient (Wildman–Crippen LogP) is 0.773. The first-order valence-electron chi connectivity index (χ1n) is 7.68. The fraction of sp³-hybridized carbons (Fsp3) is 0.500. The van der Waals surface area contributed by atoms with Crippen molar-refractivity contribution in [3.63, 3.8) is 0 Å². The zero-order valence-electron chi connectivity index (χ0n) is 12.1. The van der Waals surface area contributed by atoms with E-state index in [1.54, 1.807) is 0 Å². The normalized spacial score (nSPS) is 48.5. The number of fused-ring (bicyclic) bond motifs is 2. The number of hydrogen-bond donors (Lipinski definition) is 2. The molecule has 0 amide bonds. The van der Waals surface area contributed by atoms with E-state index in [0.29, 0.717) is 11.5 Å². The van der Waals surface area contributed by atoms with E-state index in [0.717, 1.165) is 18.4 Å². The first-order chi connectivity index (χ1) is 10.5. The zero-order valence-corrected chi connectivity index (χ0v) is 12.1. The van der Waals surface area contributed by atoms with Gasteiger partial charge in [-0.15, -0.1) is 0 Å². The van der Waals surface area contributed by atoms with E-state index in [9.17, 15) is 0 Å². The standard InChI is InChI=1S/C16H16N2O4/c1-2-8-12-13(20-12,14(17,18)9-6-4-3-5-7-9)10-11(19-10)15-16(12,21-15)22-15/h3-7H,2,8,17-18H2,1H3. The second kappa shape index (κ2) is 2.86. The lowest BCUT2D eigenvalue weighted by molar-refractivity contribution is -0.117. The van der Waals surface area contributed by atoms with E-state index in [2.05, 4.69) is 6.92 Å². The van der Waals surface area contributed by atoms with E-state index in [4.69, 9.17) is 30.4 Å². The van der Waals surface area contributed by atoms with Crippen LogP contribution in [0.1, 0.15) is 25.3 Å². The maximum absolute atomic E-state index is 6.60. The van der Waals surface area contributed by atoms with E-state index in [1.807, 2.05) is 30.3 Å². The van der Waals surface area contributed by atoms with Gasteiger partial charge in [-0.3, -0.25) is 9.47 Å². The van der Waals surface area contributed by atoms with E-state index >= 15 is 0 Å². The van der Waals surface area contributed by atoms with Crippen LogP contribution in [0.3, 0.4) is 0 Å². The molecule has 5 aliphatic rings. The fourth-order valence-electron chi connectivity index (χ4n) is 4.59. The Morgan fingerprint density at radius 2 is 1.77 bits per heavy atom. The molecule has 3 fully saturated rings. The van der Waals surface area contributed by atoms with Gasteiger partial charge in [-0.25, -0.2) is 0 Å². The summed E-state index contributed by atoms with van der Waals surface area (Å²) in [4.78, 5) is 0. The lowest BCUT2D eigenvalue weighted by Gasteiger charge is -2.32. The van der Waals surface area contributed by atoms with Gasteiger partial charge < -0.3 is 20.9 Å². The Kier molecular flexibility index (Phi) is 1.56. The number of rotatable bonds is 4. The summed E-state index contributed by atoms with van der Waals surface area (Å²) >= 11 is 0. The lowest BCUT2D eigenvalue weighted by Crippen LogP contribution is -2.62.